The molecular formula is C3H10NO5P. The van der Waals surface area contributed by atoms with Crippen LogP contribution in [-0.4, -0.2) is 20.6 Å². The highest BCUT2D eigenvalue weighted by molar-refractivity contribution is 7.45. The van der Waals surface area contributed by atoms with E-state index in [1.165, 1.54) is 0 Å². The van der Waals surface area contributed by atoms with Gasteiger partial charge >= 0.3 is 7.82 Å². The summed E-state index contributed by atoms with van der Waals surface area (Å²) in [5.41, 5.74) is 4.65. The van der Waals surface area contributed by atoms with Gasteiger partial charge in [-0.1, -0.05) is 6.92 Å². The second kappa shape index (κ2) is 5.37. The summed E-state index contributed by atoms with van der Waals surface area (Å²) in [6.45, 7) is 1.72. The van der Waals surface area contributed by atoms with Gasteiger partial charge in [0.1, 0.15) is 0 Å². The Morgan fingerprint density at radius 2 is 1.60 bits per heavy atom. The average molecular weight is 171 g/mol. The molecule has 0 unspecified atom stereocenters. The third-order valence-electron chi connectivity index (χ3n) is 0.348. The highest BCUT2D eigenvalue weighted by atomic mass is 31.2. The van der Waals surface area contributed by atoms with Gasteiger partial charge in [0.25, 0.3) is 0 Å². The van der Waals surface area contributed by atoms with Crippen molar-refractivity contribution in [1.29, 1.82) is 0 Å². The van der Waals surface area contributed by atoms with Crippen LogP contribution >= 0.6 is 7.82 Å². The van der Waals surface area contributed by atoms with E-state index in [1.807, 2.05) is 0 Å². The monoisotopic (exact) mass is 171 g/mol. The summed E-state index contributed by atoms with van der Waals surface area (Å²) >= 11 is 0. The first kappa shape index (κ1) is 12.3. The topological polar surface area (TPSA) is 121 Å². The standard InChI is InChI=1S/C3H7NO.H3O4P/c1-2-3(4)5;1-5(2,3)4/h2H2,1H3,(H2,4,5);(H3,1,2,3,4). The van der Waals surface area contributed by atoms with Crippen LogP contribution in [0.1, 0.15) is 13.3 Å². The van der Waals surface area contributed by atoms with Gasteiger partial charge in [-0.15, -0.1) is 0 Å². The molecule has 0 atom stereocenters. The lowest BCUT2D eigenvalue weighted by molar-refractivity contribution is -0.117. The van der Waals surface area contributed by atoms with E-state index in [4.69, 9.17) is 19.2 Å². The van der Waals surface area contributed by atoms with Crippen molar-refractivity contribution in [3.05, 3.63) is 0 Å². The lowest BCUT2D eigenvalue weighted by atomic mass is 10.5. The molecule has 7 heteroatoms. The van der Waals surface area contributed by atoms with Crippen molar-refractivity contribution in [1.82, 2.24) is 0 Å². The van der Waals surface area contributed by atoms with Crippen LogP contribution in [0.25, 0.3) is 0 Å². The number of phosphoric acid groups is 1. The molecule has 0 aromatic rings. The molecule has 0 aliphatic carbocycles. The van der Waals surface area contributed by atoms with Gasteiger partial charge in [-0.3, -0.25) is 4.79 Å². The zero-order chi connectivity index (χ0) is 8.78. The van der Waals surface area contributed by atoms with Gasteiger partial charge in [-0.25, -0.2) is 4.57 Å². The Morgan fingerprint density at radius 1 is 1.50 bits per heavy atom. The molecule has 0 fully saturated rings. The van der Waals surface area contributed by atoms with E-state index >= 15 is 0 Å². The number of carbonyl (C=O) groups is 1. The first-order valence-corrected chi connectivity index (χ1v) is 3.90. The number of hydrogen-bond donors (Lipinski definition) is 4. The molecule has 6 nitrogen and oxygen atoms in total. The maximum Gasteiger partial charge on any atom is 0.466 e. The highest BCUT2D eigenvalue weighted by Gasteiger charge is 2.00. The minimum Gasteiger partial charge on any atom is -0.370 e. The van der Waals surface area contributed by atoms with Crippen LogP contribution < -0.4 is 5.73 Å². The Morgan fingerprint density at radius 3 is 1.60 bits per heavy atom. The molecule has 10 heavy (non-hydrogen) atoms. The Hall–Kier alpha value is -0.420. The molecule has 0 heterocycles. The van der Waals surface area contributed by atoms with E-state index in [2.05, 4.69) is 5.73 Å². The van der Waals surface area contributed by atoms with Gasteiger partial charge in [0.2, 0.25) is 5.91 Å². The molecule has 0 aromatic carbocycles. The summed E-state index contributed by atoms with van der Waals surface area (Å²) in [4.78, 5) is 31.2. The van der Waals surface area contributed by atoms with Gasteiger partial charge in [0.05, 0.1) is 0 Å². The van der Waals surface area contributed by atoms with Gasteiger partial charge < -0.3 is 20.4 Å². The minimum absolute atomic E-state index is 0.245. The molecular weight excluding hydrogens is 161 g/mol. The molecule has 0 radical (unpaired) electrons. The van der Waals surface area contributed by atoms with Crippen LogP contribution in [-0.2, 0) is 9.36 Å². The van der Waals surface area contributed by atoms with E-state index < -0.39 is 7.82 Å². The fourth-order valence-corrected chi connectivity index (χ4v) is 0. The summed E-state index contributed by atoms with van der Waals surface area (Å²) in [6.07, 6.45) is 0.444. The molecule has 0 aliphatic heterocycles. The molecule has 5 N–H and O–H groups in total. The minimum atomic E-state index is -4.64. The van der Waals surface area contributed by atoms with Crippen molar-refractivity contribution in [2.75, 3.05) is 0 Å². The van der Waals surface area contributed by atoms with Gasteiger partial charge in [-0.05, 0) is 0 Å². The van der Waals surface area contributed by atoms with Crippen molar-refractivity contribution in [3.63, 3.8) is 0 Å². The predicted octanol–water partition coefficient (Wildman–Crippen LogP) is -1.05. The quantitative estimate of drug-likeness (QED) is 0.375. The van der Waals surface area contributed by atoms with Gasteiger partial charge in [0, 0.05) is 6.42 Å². The maximum absolute atomic E-state index is 9.59. The van der Waals surface area contributed by atoms with E-state index in [0.29, 0.717) is 6.42 Å². The van der Waals surface area contributed by atoms with Crippen LogP contribution in [0.15, 0.2) is 0 Å². The van der Waals surface area contributed by atoms with E-state index in [-0.39, 0.29) is 5.91 Å². The second-order valence-electron chi connectivity index (χ2n) is 1.33. The molecule has 1 amide bonds. The first-order valence-electron chi connectivity index (χ1n) is 2.34. The summed E-state index contributed by atoms with van der Waals surface area (Å²) in [7, 11) is -4.64. The molecule has 0 rings (SSSR count). The molecule has 0 saturated carbocycles. The van der Waals surface area contributed by atoms with Gasteiger partial charge in [0.15, 0.2) is 0 Å². The van der Waals surface area contributed by atoms with Crippen LogP contribution in [0.3, 0.4) is 0 Å². The van der Waals surface area contributed by atoms with Crippen LogP contribution in [0.4, 0.5) is 0 Å². The third kappa shape index (κ3) is 131. The summed E-state index contributed by atoms with van der Waals surface area (Å²) in [5.74, 6) is -0.245. The Balaban J connectivity index is 0. The molecule has 62 valence electrons. The summed E-state index contributed by atoms with van der Waals surface area (Å²) in [5, 5.41) is 0. The van der Waals surface area contributed by atoms with Crippen molar-refractivity contribution in [2.24, 2.45) is 5.73 Å². The normalized spacial score (nSPS) is 9.60. The Bertz CT molecular complexity index is 132. The maximum atomic E-state index is 9.59. The zero-order valence-electron chi connectivity index (χ0n) is 5.39. The SMILES string of the molecule is CCC(N)=O.O=P(O)(O)O. The second-order valence-corrected chi connectivity index (χ2v) is 2.36. The number of primary amides is 1. The zero-order valence-corrected chi connectivity index (χ0v) is 6.28. The van der Waals surface area contributed by atoms with E-state index in [9.17, 15) is 4.79 Å². The Labute approximate surface area is 57.9 Å². The number of carbonyl (C=O) groups excluding carboxylic acids is 1. The first-order chi connectivity index (χ1) is 4.27. The van der Waals surface area contributed by atoms with Gasteiger partial charge in [-0.2, -0.15) is 0 Å². The van der Waals surface area contributed by atoms with Crippen molar-refractivity contribution < 1.29 is 24.0 Å². The molecule has 0 bridgehead atoms. The van der Waals surface area contributed by atoms with Crippen LogP contribution in [0.2, 0.25) is 0 Å². The van der Waals surface area contributed by atoms with E-state index in [1.54, 1.807) is 6.92 Å². The summed E-state index contributed by atoms with van der Waals surface area (Å²) < 4.78 is 8.88. The average Bonchev–Trinajstić information content (AvgIpc) is 1.61. The molecule has 0 saturated heterocycles. The molecule has 0 aromatic heterocycles. The fourth-order valence-electron chi connectivity index (χ4n) is 0. The summed E-state index contributed by atoms with van der Waals surface area (Å²) in [6, 6.07) is 0. The highest BCUT2D eigenvalue weighted by Crippen LogP contribution is 2.25. The van der Waals surface area contributed by atoms with E-state index in [0.717, 1.165) is 0 Å². The van der Waals surface area contributed by atoms with Crippen molar-refractivity contribution in [3.8, 4) is 0 Å². The van der Waals surface area contributed by atoms with Crippen LogP contribution in [0.5, 0.6) is 0 Å². The van der Waals surface area contributed by atoms with Crippen molar-refractivity contribution >= 4 is 13.7 Å². The lowest BCUT2D eigenvalue weighted by Gasteiger charge is -1.82. The fraction of sp³-hybridized carbons (Fsp3) is 0.667. The number of nitrogens with two attached hydrogens (primary N) is 1. The molecule has 0 spiro atoms. The number of amides is 1. The number of rotatable bonds is 1. The van der Waals surface area contributed by atoms with Crippen molar-refractivity contribution in [2.45, 2.75) is 13.3 Å². The largest absolute Gasteiger partial charge is 0.466 e. The Kier molecular flexibility index (Phi) is 6.59. The smallest absolute Gasteiger partial charge is 0.370 e. The predicted molar refractivity (Wildman–Crippen MR) is 33.7 cm³/mol. The lowest BCUT2D eigenvalue weighted by Crippen LogP contribution is -2.06. The van der Waals surface area contributed by atoms with Crippen LogP contribution in [0, 0.1) is 0 Å². The number of hydrogen-bond acceptors (Lipinski definition) is 2. The third-order valence-corrected chi connectivity index (χ3v) is 0.348. The molecule has 0 aliphatic rings.